The van der Waals surface area contributed by atoms with Crippen LogP contribution in [0.25, 0.3) is 0 Å². The number of ether oxygens (including phenoxy) is 1. The summed E-state index contributed by atoms with van der Waals surface area (Å²) in [5.41, 5.74) is 2.71. The second kappa shape index (κ2) is 9.75. The number of benzene rings is 3. The average molecular weight is 450 g/mol. The smallest absolute Gasteiger partial charge is 0.255 e. The zero-order valence-corrected chi connectivity index (χ0v) is 18.5. The van der Waals surface area contributed by atoms with E-state index < -0.39 is 0 Å². The minimum atomic E-state index is -0.235. The molecule has 0 spiro atoms. The topological polar surface area (TPSA) is 61.9 Å². The summed E-state index contributed by atoms with van der Waals surface area (Å²) in [5, 5.41) is 3.42. The first kappa shape index (κ1) is 21.7. The standard InChI is InChI=1S/C25H24ClN3O3/c1-32-21-9-5-8-19(16-21)24(30)27-20-10-11-23(22(26)17-20)28-12-14-29(15-13-28)25(31)18-6-3-2-4-7-18/h2-11,16-17H,12-15H2,1H3,(H,27,30). The number of methoxy groups -OCH3 is 1. The maximum Gasteiger partial charge on any atom is 0.255 e. The number of hydrogen-bond donors (Lipinski definition) is 1. The molecule has 0 aliphatic carbocycles. The molecule has 1 heterocycles. The lowest BCUT2D eigenvalue weighted by Gasteiger charge is -2.36. The molecule has 1 fully saturated rings. The summed E-state index contributed by atoms with van der Waals surface area (Å²) < 4.78 is 5.17. The van der Waals surface area contributed by atoms with E-state index in [1.165, 1.54) is 0 Å². The number of nitrogens with zero attached hydrogens (tertiary/aromatic N) is 2. The fourth-order valence-electron chi connectivity index (χ4n) is 3.72. The molecule has 1 aliphatic heterocycles. The molecular formula is C25H24ClN3O3. The predicted octanol–water partition coefficient (Wildman–Crippen LogP) is 4.56. The van der Waals surface area contributed by atoms with Crippen LogP contribution in [0.4, 0.5) is 11.4 Å². The largest absolute Gasteiger partial charge is 0.497 e. The number of hydrogen-bond acceptors (Lipinski definition) is 4. The fourth-order valence-corrected chi connectivity index (χ4v) is 4.02. The minimum absolute atomic E-state index is 0.0481. The minimum Gasteiger partial charge on any atom is -0.497 e. The average Bonchev–Trinajstić information content (AvgIpc) is 2.84. The molecule has 164 valence electrons. The zero-order chi connectivity index (χ0) is 22.5. The summed E-state index contributed by atoms with van der Waals surface area (Å²) >= 11 is 6.54. The Labute approximate surface area is 192 Å². The van der Waals surface area contributed by atoms with Gasteiger partial charge < -0.3 is 19.9 Å². The van der Waals surface area contributed by atoms with E-state index in [1.807, 2.05) is 47.4 Å². The van der Waals surface area contributed by atoms with Gasteiger partial charge in [-0.3, -0.25) is 9.59 Å². The van der Waals surface area contributed by atoms with Crippen molar-refractivity contribution in [2.45, 2.75) is 0 Å². The summed E-state index contributed by atoms with van der Waals surface area (Å²) in [4.78, 5) is 29.2. The third kappa shape index (κ3) is 4.86. The van der Waals surface area contributed by atoms with Crippen LogP contribution in [0.1, 0.15) is 20.7 Å². The predicted molar refractivity (Wildman–Crippen MR) is 127 cm³/mol. The van der Waals surface area contributed by atoms with E-state index in [0.717, 1.165) is 5.69 Å². The summed E-state index contributed by atoms with van der Waals surface area (Å²) in [6, 6.07) is 21.8. The highest BCUT2D eigenvalue weighted by Crippen LogP contribution is 2.30. The van der Waals surface area contributed by atoms with Crippen LogP contribution in [0.3, 0.4) is 0 Å². The van der Waals surface area contributed by atoms with E-state index >= 15 is 0 Å². The Morgan fingerprint density at radius 2 is 1.59 bits per heavy atom. The van der Waals surface area contributed by atoms with Gasteiger partial charge in [-0.1, -0.05) is 35.9 Å². The van der Waals surface area contributed by atoms with Crippen molar-refractivity contribution in [3.63, 3.8) is 0 Å². The Morgan fingerprint density at radius 3 is 2.28 bits per heavy atom. The molecule has 0 bridgehead atoms. The van der Waals surface area contributed by atoms with Gasteiger partial charge >= 0.3 is 0 Å². The van der Waals surface area contributed by atoms with Crippen molar-refractivity contribution in [3.8, 4) is 5.75 Å². The Bertz CT molecular complexity index is 1110. The van der Waals surface area contributed by atoms with Gasteiger partial charge in [-0.05, 0) is 48.5 Å². The van der Waals surface area contributed by atoms with Crippen LogP contribution in [0.15, 0.2) is 72.8 Å². The number of nitrogens with one attached hydrogen (secondary N) is 1. The molecule has 4 rings (SSSR count). The first-order valence-electron chi connectivity index (χ1n) is 10.4. The normalized spacial score (nSPS) is 13.6. The van der Waals surface area contributed by atoms with Gasteiger partial charge in [0.2, 0.25) is 0 Å². The van der Waals surface area contributed by atoms with Crippen molar-refractivity contribution >= 4 is 34.8 Å². The van der Waals surface area contributed by atoms with Gasteiger partial charge in [0.1, 0.15) is 5.75 Å². The second-order valence-corrected chi connectivity index (χ2v) is 7.90. The van der Waals surface area contributed by atoms with Crippen LogP contribution in [0, 0.1) is 0 Å². The van der Waals surface area contributed by atoms with Gasteiger partial charge in [0.05, 0.1) is 17.8 Å². The van der Waals surface area contributed by atoms with Crippen molar-refractivity contribution in [1.82, 2.24) is 4.90 Å². The maximum atomic E-state index is 12.6. The van der Waals surface area contributed by atoms with Crippen LogP contribution >= 0.6 is 11.6 Å². The van der Waals surface area contributed by atoms with Crippen molar-refractivity contribution in [2.24, 2.45) is 0 Å². The van der Waals surface area contributed by atoms with E-state index in [0.29, 0.717) is 53.8 Å². The number of carbonyl (C=O) groups excluding carboxylic acids is 2. The van der Waals surface area contributed by atoms with Gasteiger partial charge in [0, 0.05) is 43.0 Å². The molecule has 0 radical (unpaired) electrons. The van der Waals surface area contributed by atoms with Crippen LogP contribution < -0.4 is 15.0 Å². The molecular weight excluding hydrogens is 426 g/mol. The van der Waals surface area contributed by atoms with Gasteiger partial charge in [0.25, 0.3) is 11.8 Å². The highest BCUT2D eigenvalue weighted by Gasteiger charge is 2.23. The number of halogens is 1. The molecule has 0 atom stereocenters. The Kier molecular flexibility index (Phi) is 6.61. The summed E-state index contributed by atoms with van der Waals surface area (Å²) in [7, 11) is 1.56. The molecule has 3 aromatic rings. The summed E-state index contributed by atoms with van der Waals surface area (Å²) in [5.74, 6) is 0.434. The lowest BCUT2D eigenvalue weighted by atomic mass is 10.1. The zero-order valence-electron chi connectivity index (χ0n) is 17.8. The van der Waals surface area contributed by atoms with Crippen LogP contribution in [0.2, 0.25) is 5.02 Å². The molecule has 7 heteroatoms. The number of rotatable bonds is 5. The molecule has 0 saturated carbocycles. The molecule has 6 nitrogen and oxygen atoms in total. The monoisotopic (exact) mass is 449 g/mol. The Morgan fingerprint density at radius 1 is 0.875 bits per heavy atom. The van der Waals surface area contributed by atoms with Crippen molar-refractivity contribution < 1.29 is 14.3 Å². The summed E-state index contributed by atoms with van der Waals surface area (Å²) in [6.07, 6.45) is 0. The van der Waals surface area contributed by atoms with Crippen LogP contribution in [-0.4, -0.2) is 50.0 Å². The molecule has 1 aliphatic rings. The molecule has 2 amide bonds. The van der Waals surface area contributed by atoms with Gasteiger partial charge in [-0.25, -0.2) is 0 Å². The van der Waals surface area contributed by atoms with Crippen molar-refractivity contribution in [1.29, 1.82) is 0 Å². The third-order valence-electron chi connectivity index (χ3n) is 5.47. The molecule has 1 saturated heterocycles. The van der Waals surface area contributed by atoms with Crippen molar-refractivity contribution in [2.75, 3.05) is 43.5 Å². The molecule has 0 unspecified atom stereocenters. The van der Waals surface area contributed by atoms with E-state index in [-0.39, 0.29) is 11.8 Å². The Balaban J connectivity index is 1.38. The molecule has 3 aromatic carbocycles. The molecule has 0 aromatic heterocycles. The van der Waals surface area contributed by atoms with E-state index in [1.54, 1.807) is 37.4 Å². The van der Waals surface area contributed by atoms with E-state index in [2.05, 4.69) is 10.2 Å². The van der Waals surface area contributed by atoms with E-state index in [4.69, 9.17) is 16.3 Å². The summed E-state index contributed by atoms with van der Waals surface area (Å²) in [6.45, 7) is 2.62. The Hall–Kier alpha value is -3.51. The SMILES string of the molecule is COc1cccc(C(=O)Nc2ccc(N3CCN(C(=O)c4ccccc4)CC3)c(Cl)c2)c1. The number of piperazine rings is 1. The maximum absolute atomic E-state index is 12.6. The number of amides is 2. The van der Waals surface area contributed by atoms with Crippen LogP contribution in [-0.2, 0) is 0 Å². The van der Waals surface area contributed by atoms with Gasteiger partial charge in [0.15, 0.2) is 0 Å². The molecule has 32 heavy (non-hydrogen) atoms. The quantitative estimate of drug-likeness (QED) is 0.620. The highest BCUT2D eigenvalue weighted by atomic mass is 35.5. The van der Waals surface area contributed by atoms with Gasteiger partial charge in [-0.2, -0.15) is 0 Å². The second-order valence-electron chi connectivity index (χ2n) is 7.50. The van der Waals surface area contributed by atoms with Crippen LogP contribution in [0.5, 0.6) is 5.75 Å². The van der Waals surface area contributed by atoms with Crippen molar-refractivity contribution in [3.05, 3.63) is 88.9 Å². The van der Waals surface area contributed by atoms with E-state index in [9.17, 15) is 9.59 Å². The lowest BCUT2D eigenvalue weighted by Crippen LogP contribution is -2.48. The first-order valence-corrected chi connectivity index (χ1v) is 10.8. The lowest BCUT2D eigenvalue weighted by molar-refractivity contribution is 0.0746. The molecule has 1 N–H and O–H groups in total. The van der Waals surface area contributed by atoms with Gasteiger partial charge in [-0.15, -0.1) is 0 Å². The number of carbonyl (C=O) groups is 2. The third-order valence-corrected chi connectivity index (χ3v) is 5.77. The first-order chi connectivity index (χ1) is 15.5. The highest BCUT2D eigenvalue weighted by molar-refractivity contribution is 6.33. The number of anilines is 2. The fraction of sp³-hybridized carbons (Fsp3) is 0.200.